The normalized spacial score (nSPS) is 10.7. The molecule has 0 saturated carbocycles. The van der Waals surface area contributed by atoms with E-state index in [2.05, 4.69) is 31.0 Å². The van der Waals surface area contributed by atoms with Crippen molar-refractivity contribution < 1.29 is 0 Å². The molecule has 0 aliphatic rings. The summed E-state index contributed by atoms with van der Waals surface area (Å²) in [6, 6.07) is 8.22. The molecule has 0 bridgehead atoms. The molecule has 1 heterocycles. The van der Waals surface area contributed by atoms with Crippen LogP contribution in [0, 0.1) is 6.92 Å². The Labute approximate surface area is 100 Å². The van der Waals surface area contributed by atoms with Gasteiger partial charge in [-0.15, -0.1) is 11.3 Å². The van der Waals surface area contributed by atoms with Crippen molar-refractivity contribution in [2.24, 2.45) is 5.73 Å². The Morgan fingerprint density at radius 1 is 1.31 bits per heavy atom. The third-order valence-electron chi connectivity index (χ3n) is 2.70. The molecule has 0 fully saturated rings. The second-order valence-electron chi connectivity index (χ2n) is 3.74. The fourth-order valence-electron chi connectivity index (χ4n) is 1.78. The molecular weight excluding hydrogens is 216 g/mol. The second-order valence-corrected chi connectivity index (χ2v) is 4.94. The molecule has 0 spiro atoms. The van der Waals surface area contributed by atoms with Crippen molar-refractivity contribution in [1.29, 1.82) is 0 Å². The summed E-state index contributed by atoms with van der Waals surface area (Å²) >= 11 is 1.75. The van der Waals surface area contributed by atoms with Gasteiger partial charge in [0.2, 0.25) is 0 Å². The number of rotatable bonds is 3. The van der Waals surface area contributed by atoms with Crippen LogP contribution >= 0.6 is 11.3 Å². The molecule has 1 aromatic carbocycles. The number of hydrogen-bond donors (Lipinski definition) is 1. The van der Waals surface area contributed by atoms with Gasteiger partial charge in [-0.3, -0.25) is 0 Å². The molecular formula is C13H16N2S. The number of aromatic nitrogens is 1. The summed E-state index contributed by atoms with van der Waals surface area (Å²) in [7, 11) is 0. The molecule has 16 heavy (non-hydrogen) atoms. The van der Waals surface area contributed by atoms with Crippen molar-refractivity contribution in [1.82, 2.24) is 4.98 Å². The summed E-state index contributed by atoms with van der Waals surface area (Å²) in [5.74, 6) is 0. The van der Waals surface area contributed by atoms with Gasteiger partial charge >= 0.3 is 0 Å². The molecule has 84 valence electrons. The largest absolute Gasteiger partial charge is 0.326 e. The molecule has 2 N–H and O–H groups in total. The summed E-state index contributed by atoms with van der Waals surface area (Å²) < 4.78 is 0. The summed E-state index contributed by atoms with van der Waals surface area (Å²) in [5.41, 5.74) is 9.29. The van der Waals surface area contributed by atoms with Gasteiger partial charge in [-0.2, -0.15) is 0 Å². The Morgan fingerprint density at radius 3 is 2.69 bits per heavy atom. The maximum Gasteiger partial charge on any atom is 0.124 e. The van der Waals surface area contributed by atoms with Crippen LogP contribution in [0.2, 0.25) is 0 Å². The average molecular weight is 232 g/mol. The maximum atomic E-state index is 5.74. The third-order valence-corrected chi connectivity index (χ3v) is 3.74. The molecule has 0 saturated heterocycles. The minimum absolute atomic E-state index is 0.566. The lowest BCUT2D eigenvalue weighted by atomic mass is 10.1. The highest BCUT2D eigenvalue weighted by Gasteiger charge is 2.10. The first-order valence-corrected chi connectivity index (χ1v) is 6.32. The van der Waals surface area contributed by atoms with E-state index in [-0.39, 0.29) is 0 Å². The molecule has 3 heteroatoms. The number of benzene rings is 1. The molecule has 0 atom stereocenters. The lowest BCUT2D eigenvalue weighted by Crippen LogP contribution is -1.98. The van der Waals surface area contributed by atoms with Gasteiger partial charge in [0, 0.05) is 17.0 Å². The zero-order chi connectivity index (χ0) is 11.5. The number of thiazole rings is 1. The molecule has 0 amide bonds. The Kier molecular flexibility index (Phi) is 3.36. The van der Waals surface area contributed by atoms with Crippen LogP contribution in [0.4, 0.5) is 0 Å². The van der Waals surface area contributed by atoms with E-state index in [9.17, 15) is 0 Å². The van der Waals surface area contributed by atoms with Crippen LogP contribution in [0.25, 0.3) is 10.6 Å². The second kappa shape index (κ2) is 4.76. The number of aryl methyl sites for hydroxylation is 2. The summed E-state index contributed by atoms with van der Waals surface area (Å²) in [6.45, 7) is 4.84. The van der Waals surface area contributed by atoms with Crippen molar-refractivity contribution in [3.8, 4) is 10.6 Å². The third kappa shape index (κ3) is 2.01. The first kappa shape index (κ1) is 11.3. The monoisotopic (exact) mass is 232 g/mol. The Bertz CT molecular complexity index is 488. The van der Waals surface area contributed by atoms with E-state index < -0.39 is 0 Å². The van der Waals surface area contributed by atoms with Gasteiger partial charge in [-0.25, -0.2) is 4.98 Å². The molecule has 2 rings (SSSR count). The fraction of sp³-hybridized carbons (Fsp3) is 0.308. The number of nitrogens with zero attached hydrogens (tertiary/aromatic N) is 1. The number of hydrogen-bond acceptors (Lipinski definition) is 3. The first-order valence-electron chi connectivity index (χ1n) is 5.51. The highest BCUT2D eigenvalue weighted by atomic mass is 32.1. The highest BCUT2D eigenvalue weighted by Crippen LogP contribution is 2.30. The van der Waals surface area contributed by atoms with Crippen LogP contribution in [-0.4, -0.2) is 4.98 Å². The predicted octanol–water partition coefficient (Wildman–Crippen LogP) is 3.14. The van der Waals surface area contributed by atoms with Crippen molar-refractivity contribution in [3.63, 3.8) is 0 Å². The molecule has 2 nitrogen and oxygen atoms in total. The molecule has 0 aliphatic heterocycles. The zero-order valence-corrected chi connectivity index (χ0v) is 10.5. The highest BCUT2D eigenvalue weighted by molar-refractivity contribution is 7.15. The maximum absolute atomic E-state index is 5.74. The minimum Gasteiger partial charge on any atom is -0.326 e. The average Bonchev–Trinajstić information content (AvgIpc) is 2.70. The predicted molar refractivity (Wildman–Crippen MR) is 69.6 cm³/mol. The van der Waals surface area contributed by atoms with Crippen LogP contribution in [-0.2, 0) is 13.0 Å². The first-order chi connectivity index (χ1) is 7.76. The molecule has 0 radical (unpaired) electrons. The minimum atomic E-state index is 0.566. The van der Waals surface area contributed by atoms with Gasteiger partial charge in [0.25, 0.3) is 0 Å². The van der Waals surface area contributed by atoms with E-state index in [0.29, 0.717) is 6.54 Å². The quantitative estimate of drug-likeness (QED) is 0.883. The van der Waals surface area contributed by atoms with Gasteiger partial charge < -0.3 is 5.73 Å². The van der Waals surface area contributed by atoms with Crippen LogP contribution in [0.3, 0.4) is 0 Å². The van der Waals surface area contributed by atoms with E-state index in [1.165, 1.54) is 21.7 Å². The van der Waals surface area contributed by atoms with Gasteiger partial charge in [0.15, 0.2) is 0 Å². The van der Waals surface area contributed by atoms with Gasteiger partial charge in [-0.1, -0.05) is 31.2 Å². The van der Waals surface area contributed by atoms with Gasteiger partial charge in [0.1, 0.15) is 5.01 Å². The van der Waals surface area contributed by atoms with Crippen LogP contribution < -0.4 is 5.73 Å². The lowest BCUT2D eigenvalue weighted by molar-refractivity contribution is 1.04. The lowest BCUT2D eigenvalue weighted by Gasteiger charge is -2.03. The van der Waals surface area contributed by atoms with Crippen molar-refractivity contribution in [3.05, 3.63) is 40.4 Å². The van der Waals surface area contributed by atoms with E-state index in [1.807, 2.05) is 12.1 Å². The van der Waals surface area contributed by atoms with E-state index in [4.69, 9.17) is 5.73 Å². The summed E-state index contributed by atoms with van der Waals surface area (Å²) in [5, 5.41) is 1.09. The Hall–Kier alpha value is -1.19. The fourth-order valence-corrected chi connectivity index (χ4v) is 2.84. The Morgan fingerprint density at radius 2 is 2.06 bits per heavy atom. The molecule has 1 aromatic heterocycles. The van der Waals surface area contributed by atoms with Gasteiger partial charge in [0.05, 0.1) is 5.69 Å². The smallest absolute Gasteiger partial charge is 0.124 e. The van der Waals surface area contributed by atoms with Gasteiger partial charge in [-0.05, 0) is 18.9 Å². The summed E-state index contributed by atoms with van der Waals surface area (Å²) in [6.07, 6.45) is 0.993. The van der Waals surface area contributed by atoms with Crippen LogP contribution in [0.1, 0.15) is 23.1 Å². The van der Waals surface area contributed by atoms with E-state index in [1.54, 1.807) is 11.3 Å². The Balaban J connectivity index is 2.49. The SMILES string of the molecule is CCc1nc(-c2ccccc2CN)sc1C. The van der Waals surface area contributed by atoms with Crippen molar-refractivity contribution >= 4 is 11.3 Å². The van der Waals surface area contributed by atoms with Crippen molar-refractivity contribution in [2.45, 2.75) is 26.8 Å². The molecule has 0 unspecified atom stereocenters. The topological polar surface area (TPSA) is 38.9 Å². The van der Waals surface area contributed by atoms with E-state index >= 15 is 0 Å². The number of nitrogens with two attached hydrogens (primary N) is 1. The zero-order valence-electron chi connectivity index (χ0n) is 9.66. The van der Waals surface area contributed by atoms with Crippen molar-refractivity contribution in [2.75, 3.05) is 0 Å². The van der Waals surface area contributed by atoms with Crippen LogP contribution in [0.5, 0.6) is 0 Å². The molecule has 2 aromatic rings. The standard InChI is InChI=1S/C13H16N2S/c1-3-12-9(2)16-13(15-12)11-7-5-4-6-10(11)8-14/h4-7H,3,8,14H2,1-2H3. The molecule has 0 aliphatic carbocycles. The van der Waals surface area contributed by atoms with E-state index in [0.717, 1.165) is 11.4 Å². The summed E-state index contributed by atoms with van der Waals surface area (Å²) in [4.78, 5) is 5.98. The van der Waals surface area contributed by atoms with Crippen LogP contribution in [0.15, 0.2) is 24.3 Å².